The third kappa shape index (κ3) is 3.91. The van der Waals surface area contributed by atoms with Gasteiger partial charge in [0.1, 0.15) is 5.75 Å². The predicted molar refractivity (Wildman–Crippen MR) is 86.0 cm³/mol. The lowest BCUT2D eigenvalue weighted by molar-refractivity contribution is 0.0606. The average Bonchev–Trinajstić information content (AvgIpc) is 3.03. The maximum atomic E-state index is 6.01. The van der Waals surface area contributed by atoms with Crippen LogP contribution >= 0.6 is 0 Å². The van der Waals surface area contributed by atoms with E-state index in [4.69, 9.17) is 9.47 Å². The minimum atomic E-state index is 0.341. The fourth-order valence-corrected chi connectivity index (χ4v) is 3.59. The molecule has 2 aliphatic carbocycles. The molecular weight excluding hydrogens is 262 g/mol. The van der Waals surface area contributed by atoms with Crippen molar-refractivity contribution < 1.29 is 9.47 Å². The molecule has 116 valence electrons. The molecule has 2 unspecified atom stereocenters. The van der Waals surface area contributed by atoms with Crippen LogP contribution in [-0.2, 0) is 4.74 Å². The fourth-order valence-electron chi connectivity index (χ4n) is 3.59. The molecule has 0 radical (unpaired) electrons. The Morgan fingerprint density at radius 1 is 0.905 bits per heavy atom. The summed E-state index contributed by atoms with van der Waals surface area (Å²) in [4.78, 5) is 0. The van der Waals surface area contributed by atoms with Gasteiger partial charge in [0.25, 0.3) is 0 Å². The minimum absolute atomic E-state index is 0.341. The Morgan fingerprint density at radius 2 is 1.57 bits per heavy atom. The van der Waals surface area contributed by atoms with E-state index >= 15 is 0 Å². The van der Waals surface area contributed by atoms with Gasteiger partial charge in [0.2, 0.25) is 0 Å². The first-order valence-corrected chi connectivity index (χ1v) is 8.41. The van der Waals surface area contributed by atoms with E-state index in [2.05, 4.69) is 29.6 Å². The molecule has 0 aliphatic heterocycles. The summed E-state index contributed by atoms with van der Waals surface area (Å²) in [7, 11) is 1.82. The van der Waals surface area contributed by atoms with Crippen molar-refractivity contribution in [1.82, 2.24) is 0 Å². The second kappa shape index (κ2) is 7.17. The Bertz CT molecular complexity index is 425. The molecule has 0 bridgehead atoms. The van der Waals surface area contributed by atoms with Gasteiger partial charge >= 0.3 is 0 Å². The lowest BCUT2D eigenvalue weighted by atomic mass is 9.92. The van der Waals surface area contributed by atoms with Crippen LogP contribution in [-0.4, -0.2) is 25.4 Å². The number of hydrogen-bond acceptors (Lipinski definition) is 3. The van der Waals surface area contributed by atoms with Crippen molar-refractivity contribution in [3.63, 3.8) is 0 Å². The first kappa shape index (κ1) is 14.7. The lowest BCUT2D eigenvalue weighted by Crippen LogP contribution is -2.37. The van der Waals surface area contributed by atoms with E-state index < -0.39 is 0 Å². The highest BCUT2D eigenvalue weighted by molar-refractivity contribution is 5.47. The van der Waals surface area contributed by atoms with Crippen LogP contribution in [0.15, 0.2) is 24.3 Å². The van der Waals surface area contributed by atoms with Gasteiger partial charge in [-0.1, -0.05) is 12.8 Å². The molecule has 21 heavy (non-hydrogen) atoms. The SMILES string of the molecule is COC1CCCCC1Nc1ccc(OC2CCCC2)cc1. The van der Waals surface area contributed by atoms with Crippen molar-refractivity contribution in [2.75, 3.05) is 12.4 Å². The van der Waals surface area contributed by atoms with E-state index in [1.165, 1.54) is 50.6 Å². The minimum Gasteiger partial charge on any atom is -0.490 e. The molecule has 2 aliphatic rings. The van der Waals surface area contributed by atoms with Crippen LogP contribution in [0.1, 0.15) is 51.4 Å². The number of nitrogens with one attached hydrogen (secondary N) is 1. The Morgan fingerprint density at radius 3 is 2.29 bits per heavy atom. The maximum absolute atomic E-state index is 6.01. The predicted octanol–water partition coefficient (Wildman–Crippen LogP) is 4.38. The Kier molecular flexibility index (Phi) is 5.02. The maximum Gasteiger partial charge on any atom is 0.119 e. The van der Waals surface area contributed by atoms with Gasteiger partial charge in [-0.2, -0.15) is 0 Å². The van der Waals surface area contributed by atoms with Gasteiger partial charge in [-0.3, -0.25) is 0 Å². The molecule has 1 aromatic carbocycles. The molecule has 3 heteroatoms. The number of methoxy groups -OCH3 is 1. The number of anilines is 1. The molecule has 0 saturated heterocycles. The molecule has 0 aromatic heterocycles. The monoisotopic (exact) mass is 289 g/mol. The van der Waals surface area contributed by atoms with Crippen LogP contribution in [0.3, 0.4) is 0 Å². The van der Waals surface area contributed by atoms with Crippen molar-refractivity contribution in [2.45, 2.75) is 69.6 Å². The van der Waals surface area contributed by atoms with E-state index in [-0.39, 0.29) is 0 Å². The van der Waals surface area contributed by atoms with Crippen molar-refractivity contribution in [1.29, 1.82) is 0 Å². The summed E-state index contributed by atoms with van der Waals surface area (Å²) in [6.07, 6.45) is 10.7. The molecule has 0 amide bonds. The molecule has 0 spiro atoms. The summed E-state index contributed by atoms with van der Waals surface area (Å²) in [5, 5.41) is 3.62. The zero-order chi connectivity index (χ0) is 14.5. The lowest BCUT2D eigenvalue weighted by Gasteiger charge is -2.31. The van der Waals surface area contributed by atoms with Crippen LogP contribution in [0.2, 0.25) is 0 Å². The van der Waals surface area contributed by atoms with Gasteiger partial charge in [-0.15, -0.1) is 0 Å². The van der Waals surface area contributed by atoms with Crippen LogP contribution < -0.4 is 10.1 Å². The van der Waals surface area contributed by atoms with Crippen molar-refractivity contribution >= 4 is 5.69 Å². The van der Waals surface area contributed by atoms with Gasteiger partial charge in [0, 0.05) is 12.8 Å². The van der Waals surface area contributed by atoms with E-state index in [9.17, 15) is 0 Å². The van der Waals surface area contributed by atoms with E-state index in [0.29, 0.717) is 18.2 Å². The highest BCUT2D eigenvalue weighted by Gasteiger charge is 2.24. The summed E-state index contributed by atoms with van der Waals surface area (Å²) in [5.41, 5.74) is 1.17. The van der Waals surface area contributed by atoms with E-state index in [1.807, 2.05) is 7.11 Å². The molecule has 1 aromatic rings. The largest absolute Gasteiger partial charge is 0.490 e. The highest BCUT2D eigenvalue weighted by atomic mass is 16.5. The second-order valence-corrected chi connectivity index (χ2v) is 6.36. The smallest absolute Gasteiger partial charge is 0.119 e. The Labute approximate surface area is 128 Å². The standard InChI is InChI=1S/C18H27NO2/c1-20-18-9-5-4-8-17(18)19-14-10-12-16(13-11-14)21-15-6-2-3-7-15/h10-13,15,17-19H,2-9H2,1H3. The highest BCUT2D eigenvalue weighted by Crippen LogP contribution is 2.27. The van der Waals surface area contributed by atoms with Crippen LogP contribution in [0.4, 0.5) is 5.69 Å². The zero-order valence-electron chi connectivity index (χ0n) is 13.0. The molecule has 2 saturated carbocycles. The zero-order valence-corrected chi connectivity index (χ0v) is 13.0. The van der Waals surface area contributed by atoms with Gasteiger partial charge in [-0.05, 0) is 62.8 Å². The third-order valence-corrected chi connectivity index (χ3v) is 4.82. The number of benzene rings is 1. The molecule has 3 rings (SSSR count). The van der Waals surface area contributed by atoms with E-state index in [1.54, 1.807) is 0 Å². The average molecular weight is 289 g/mol. The number of rotatable bonds is 5. The Hall–Kier alpha value is -1.22. The van der Waals surface area contributed by atoms with Gasteiger partial charge in [0.05, 0.1) is 18.2 Å². The summed E-state index contributed by atoms with van der Waals surface area (Å²) in [6.45, 7) is 0. The summed E-state index contributed by atoms with van der Waals surface area (Å²) in [6, 6.07) is 8.87. The summed E-state index contributed by atoms with van der Waals surface area (Å²) < 4.78 is 11.6. The van der Waals surface area contributed by atoms with Crippen LogP contribution in [0.5, 0.6) is 5.75 Å². The van der Waals surface area contributed by atoms with Gasteiger partial charge in [0.15, 0.2) is 0 Å². The van der Waals surface area contributed by atoms with Gasteiger partial charge < -0.3 is 14.8 Å². The van der Waals surface area contributed by atoms with Crippen molar-refractivity contribution in [2.24, 2.45) is 0 Å². The number of hydrogen-bond donors (Lipinski definition) is 1. The molecule has 1 N–H and O–H groups in total. The van der Waals surface area contributed by atoms with Crippen molar-refractivity contribution in [3.8, 4) is 5.75 Å². The normalized spacial score (nSPS) is 26.7. The first-order chi connectivity index (χ1) is 10.3. The van der Waals surface area contributed by atoms with Crippen LogP contribution in [0, 0.1) is 0 Å². The van der Waals surface area contributed by atoms with Gasteiger partial charge in [-0.25, -0.2) is 0 Å². The summed E-state index contributed by atoms with van der Waals surface area (Å²) in [5.74, 6) is 0.999. The second-order valence-electron chi connectivity index (χ2n) is 6.36. The van der Waals surface area contributed by atoms with E-state index in [0.717, 1.165) is 12.2 Å². The van der Waals surface area contributed by atoms with Crippen molar-refractivity contribution in [3.05, 3.63) is 24.3 Å². The molecule has 2 atom stereocenters. The Balaban J connectivity index is 1.55. The topological polar surface area (TPSA) is 30.5 Å². The first-order valence-electron chi connectivity index (χ1n) is 8.41. The third-order valence-electron chi connectivity index (χ3n) is 4.82. The fraction of sp³-hybridized carbons (Fsp3) is 0.667. The molecule has 2 fully saturated rings. The summed E-state index contributed by atoms with van der Waals surface area (Å²) >= 11 is 0. The number of ether oxygens (including phenoxy) is 2. The molecular formula is C18H27NO2. The quantitative estimate of drug-likeness (QED) is 0.872. The van der Waals surface area contributed by atoms with Crippen LogP contribution in [0.25, 0.3) is 0 Å². The molecule has 0 heterocycles. The molecule has 3 nitrogen and oxygen atoms in total.